The number of Topliss-reactive ketones (excluding diaryl/α,β-unsaturated/α-hetero) is 1. The molecule has 8 heteroatoms. The first-order chi connectivity index (χ1) is 17.7. The highest BCUT2D eigenvalue weighted by Gasteiger charge is 2.46. The van der Waals surface area contributed by atoms with Crippen LogP contribution in [0, 0.1) is 0 Å². The maximum Gasteiger partial charge on any atom is 0.337 e. The summed E-state index contributed by atoms with van der Waals surface area (Å²) < 4.78 is 10.4. The van der Waals surface area contributed by atoms with Gasteiger partial charge in [-0.2, -0.15) is 0 Å². The normalized spacial score (nSPS) is 16.8. The predicted molar refractivity (Wildman–Crippen MR) is 136 cm³/mol. The van der Waals surface area contributed by atoms with Crippen molar-refractivity contribution in [1.82, 2.24) is 4.90 Å². The fourth-order valence-corrected chi connectivity index (χ4v) is 4.23. The number of carbonyl (C=O) groups excluding carboxylic acids is 3. The molecule has 0 aromatic heterocycles. The maximum absolute atomic E-state index is 13.2. The summed E-state index contributed by atoms with van der Waals surface area (Å²) in [5, 5.41) is 21.0. The van der Waals surface area contributed by atoms with Crippen LogP contribution in [0.25, 0.3) is 5.76 Å². The number of hydrogen-bond donors (Lipinski definition) is 2. The second-order valence-corrected chi connectivity index (χ2v) is 8.90. The Kier molecular flexibility index (Phi) is 7.29. The number of aliphatic hydroxyl groups excluding tert-OH is 1. The molecule has 37 heavy (non-hydrogen) atoms. The molecule has 8 nitrogen and oxygen atoms in total. The Balaban J connectivity index is 1.75. The lowest BCUT2D eigenvalue weighted by Crippen LogP contribution is -2.29. The molecule has 0 bridgehead atoms. The Bertz CT molecular complexity index is 1340. The quantitative estimate of drug-likeness (QED) is 0.211. The molecule has 4 rings (SSSR count). The number of amides is 1. The Morgan fingerprint density at radius 1 is 0.919 bits per heavy atom. The van der Waals surface area contributed by atoms with E-state index in [1.807, 2.05) is 13.8 Å². The van der Waals surface area contributed by atoms with Crippen molar-refractivity contribution in [3.05, 3.63) is 101 Å². The van der Waals surface area contributed by atoms with Gasteiger partial charge in [0.2, 0.25) is 0 Å². The SMILES string of the molecule is COC(=O)c1ccc(CN2C(=O)C(=O)/C(=C(/O)c3ccc(OC(C)C)cc3)C2c2ccc(O)cc2)cc1. The molecule has 1 heterocycles. The maximum atomic E-state index is 13.2. The molecule has 1 fully saturated rings. The third-order valence-corrected chi connectivity index (χ3v) is 5.98. The van der Waals surface area contributed by atoms with Crippen LogP contribution in [0.5, 0.6) is 11.5 Å². The molecular weight excluding hydrogens is 474 g/mol. The average molecular weight is 502 g/mol. The number of hydrogen-bond acceptors (Lipinski definition) is 7. The van der Waals surface area contributed by atoms with Crippen LogP contribution in [0.1, 0.15) is 46.9 Å². The van der Waals surface area contributed by atoms with Crippen LogP contribution in [0.15, 0.2) is 78.4 Å². The molecule has 2 N–H and O–H groups in total. The van der Waals surface area contributed by atoms with Gasteiger partial charge in [-0.1, -0.05) is 24.3 Å². The Morgan fingerprint density at radius 2 is 1.51 bits per heavy atom. The van der Waals surface area contributed by atoms with Crippen molar-refractivity contribution >= 4 is 23.4 Å². The largest absolute Gasteiger partial charge is 0.508 e. The molecule has 3 aromatic rings. The summed E-state index contributed by atoms with van der Waals surface area (Å²) in [6.45, 7) is 3.85. The first-order valence-electron chi connectivity index (χ1n) is 11.7. The van der Waals surface area contributed by atoms with E-state index in [1.165, 1.54) is 24.1 Å². The zero-order valence-electron chi connectivity index (χ0n) is 20.7. The number of aliphatic hydroxyl groups is 1. The van der Waals surface area contributed by atoms with Crippen molar-refractivity contribution in [2.75, 3.05) is 7.11 Å². The number of benzene rings is 3. The minimum atomic E-state index is -0.896. The molecule has 0 radical (unpaired) electrons. The predicted octanol–water partition coefficient (Wildman–Crippen LogP) is 4.59. The van der Waals surface area contributed by atoms with Crippen LogP contribution in [0.2, 0.25) is 0 Å². The van der Waals surface area contributed by atoms with Gasteiger partial charge in [0.1, 0.15) is 17.3 Å². The number of methoxy groups -OCH3 is 1. The van der Waals surface area contributed by atoms with Crippen LogP contribution in [-0.2, 0) is 20.9 Å². The number of nitrogens with zero attached hydrogens (tertiary/aromatic N) is 1. The summed E-state index contributed by atoms with van der Waals surface area (Å²) in [6.07, 6.45) is -0.0269. The van der Waals surface area contributed by atoms with Gasteiger partial charge >= 0.3 is 5.97 Å². The van der Waals surface area contributed by atoms with Crippen molar-refractivity contribution < 1.29 is 34.1 Å². The fraction of sp³-hybridized carbons (Fsp3) is 0.207. The summed E-state index contributed by atoms with van der Waals surface area (Å²) in [5.74, 6) is -1.74. The lowest BCUT2D eigenvalue weighted by molar-refractivity contribution is -0.140. The van der Waals surface area contributed by atoms with Crippen molar-refractivity contribution in [3.8, 4) is 11.5 Å². The fourth-order valence-electron chi connectivity index (χ4n) is 4.23. The number of phenols is 1. The molecule has 1 amide bonds. The first kappa shape index (κ1) is 25.5. The van der Waals surface area contributed by atoms with Crippen molar-refractivity contribution in [2.24, 2.45) is 0 Å². The lowest BCUT2D eigenvalue weighted by Gasteiger charge is -2.25. The van der Waals surface area contributed by atoms with Gasteiger partial charge in [0.15, 0.2) is 0 Å². The van der Waals surface area contributed by atoms with E-state index in [0.29, 0.717) is 28.0 Å². The van der Waals surface area contributed by atoms with Gasteiger partial charge in [-0.25, -0.2) is 4.79 Å². The lowest BCUT2D eigenvalue weighted by atomic mass is 9.95. The van der Waals surface area contributed by atoms with Crippen LogP contribution in [-0.4, -0.2) is 46.0 Å². The van der Waals surface area contributed by atoms with Crippen molar-refractivity contribution in [2.45, 2.75) is 32.5 Å². The smallest absolute Gasteiger partial charge is 0.337 e. The van der Waals surface area contributed by atoms with Gasteiger partial charge in [0.05, 0.1) is 30.4 Å². The number of aromatic hydroxyl groups is 1. The minimum absolute atomic E-state index is 0.0269. The molecule has 1 saturated heterocycles. The third kappa shape index (κ3) is 5.33. The molecule has 1 unspecified atom stereocenters. The molecule has 1 aliphatic heterocycles. The molecular formula is C29H27NO7. The number of ketones is 1. The van der Waals surface area contributed by atoms with Crippen LogP contribution in [0.3, 0.4) is 0 Å². The first-order valence-corrected chi connectivity index (χ1v) is 11.7. The number of phenolic OH excluding ortho intramolecular Hbond substituents is 1. The molecule has 190 valence electrons. The third-order valence-electron chi connectivity index (χ3n) is 5.98. The van der Waals surface area contributed by atoms with Gasteiger partial charge in [-0.15, -0.1) is 0 Å². The number of ether oxygens (including phenoxy) is 2. The molecule has 0 spiro atoms. The molecule has 0 aliphatic carbocycles. The topological polar surface area (TPSA) is 113 Å². The summed E-state index contributed by atoms with van der Waals surface area (Å²) in [7, 11) is 1.29. The molecule has 0 saturated carbocycles. The Labute approximate surface area is 214 Å². The van der Waals surface area contributed by atoms with E-state index in [-0.39, 0.29) is 29.7 Å². The molecule has 3 aromatic carbocycles. The van der Waals surface area contributed by atoms with Crippen LogP contribution in [0.4, 0.5) is 0 Å². The molecule has 1 aliphatic rings. The van der Waals surface area contributed by atoms with Gasteiger partial charge in [0, 0.05) is 12.1 Å². The van der Waals surface area contributed by atoms with E-state index in [2.05, 4.69) is 0 Å². The van der Waals surface area contributed by atoms with E-state index >= 15 is 0 Å². The highest BCUT2D eigenvalue weighted by Crippen LogP contribution is 2.40. The number of likely N-dealkylation sites (tertiary alicyclic amines) is 1. The average Bonchev–Trinajstić information content (AvgIpc) is 3.13. The van der Waals surface area contributed by atoms with Crippen molar-refractivity contribution in [1.29, 1.82) is 0 Å². The second-order valence-electron chi connectivity index (χ2n) is 8.90. The Morgan fingerprint density at radius 3 is 2.08 bits per heavy atom. The van der Waals surface area contributed by atoms with Gasteiger partial charge in [-0.3, -0.25) is 9.59 Å². The zero-order valence-corrected chi connectivity index (χ0v) is 20.7. The summed E-state index contributed by atoms with van der Waals surface area (Å²) >= 11 is 0. The number of rotatable bonds is 7. The molecule has 1 atom stereocenters. The number of esters is 1. The van der Waals surface area contributed by atoms with E-state index in [9.17, 15) is 24.6 Å². The number of carbonyl (C=O) groups is 3. The summed E-state index contributed by atoms with van der Waals surface area (Å²) in [4.78, 5) is 39.5. The monoisotopic (exact) mass is 501 g/mol. The van der Waals surface area contributed by atoms with Gasteiger partial charge in [0.25, 0.3) is 11.7 Å². The van der Waals surface area contributed by atoms with Crippen LogP contribution >= 0.6 is 0 Å². The Hall–Kier alpha value is -4.59. The second kappa shape index (κ2) is 10.6. The summed E-state index contributed by atoms with van der Waals surface area (Å²) in [6, 6.07) is 18.3. The highest BCUT2D eigenvalue weighted by atomic mass is 16.5. The van der Waals surface area contributed by atoms with Crippen molar-refractivity contribution in [3.63, 3.8) is 0 Å². The van der Waals surface area contributed by atoms with E-state index in [0.717, 1.165) is 0 Å². The highest BCUT2D eigenvalue weighted by molar-refractivity contribution is 6.46. The van der Waals surface area contributed by atoms with E-state index in [4.69, 9.17) is 9.47 Å². The zero-order chi connectivity index (χ0) is 26.7. The van der Waals surface area contributed by atoms with Gasteiger partial charge in [-0.05, 0) is 73.5 Å². The summed E-state index contributed by atoms with van der Waals surface area (Å²) in [5.41, 5.74) is 1.88. The van der Waals surface area contributed by atoms with E-state index in [1.54, 1.807) is 60.7 Å². The van der Waals surface area contributed by atoms with Crippen LogP contribution < -0.4 is 4.74 Å². The van der Waals surface area contributed by atoms with E-state index < -0.39 is 23.7 Å². The minimum Gasteiger partial charge on any atom is -0.508 e. The standard InChI is InChI=1S/C29H27NO7/c1-17(2)37-23-14-10-20(11-15-23)26(32)24-25(19-8-12-22(31)13-9-19)30(28(34)27(24)33)16-18-4-6-21(7-5-18)29(35)36-3/h4-15,17,25,31-32H,16H2,1-3H3/b26-24+. The van der Waals surface area contributed by atoms with Gasteiger partial charge < -0.3 is 24.6 Å².